The molecule has 0 unspecified atom stereocenters. The molecule has 0 aliphatic heterocycles. The monoisotopic (exact) mass is 258 g/mol. The molecule has 2 N–H and O–H groups in total. The lowest BCUT2D eigenvalue weighted by molar-refractivity contribution is 0.419. The lowest BCUT2D eigenvalue weighted by Gasteiger charge is -2.08. The van der Waals surface area contributed by atoms with Crippen LogP contribution < -0.4 is 10.5 Å². The van der Waals surface area contributed by atoms with Gasteiger partial charge in [-0.3, -0.25) is 0 Å². The summed E-state index contributed by atoms with van der Waals surface area (Å²) in [6.07, 6.45) is 0. The number of fused-ring (bicyclic) bond motifs is 1. The molecular formula is C12H16ClFN2O. The van der Waals surface area contributed by atoms with Crippen LogP contribution in [0.15, 0.2) is 18.2 Å². The molecule has 94 valence electrons. The molecule has 3 nitrogen and oxygen atoms in total. The third kappa shape index (κ3) is 2.23. The molecule has 0 aliphatic carbocycles. The van der Waals surface area contributed by atoms with Crippen molar-refractivity contribution < 1.29 is 9.13 Å². The van der Waals surface area contributed by atoms with E-state index in [1.165, 1.54) is 6.07 Å². The fraction of sp³-hybridized carbons (Fsp3) is 0.333. The van der Waals surface area contributed by atoms with Crippen molar-refractivity contribution in [3.8, 4) is 5.75 Å². The summed E-state index contributed by atoms with van der Waals surface area (Å²) in [6, 6.07) is 4.99. The number of methoxy groups -OCH3 is 1. The second-order valence-electron chi connectivity index (χ2n) is 3.74. The van der Waals surface area contributed by atoms with E-state index < -0.39 is 0 Å². The Labute approximate surface area is 106 Å². The quantitative estimate of drug-likeness (QED) is 0.919. The van der Waals surface area contributed by atoms with Gasteiger partial charge in [-0.15, -0.1) is 12.4 Å². The van der Waals surface area contributed by atoms with E-state index in [1.54, 1.807) is 13.2 Å². The molecule has 0 radical (unpaired) electrons. The van der Waals surface area contributed by atoms with Gasteiger partial charge in [0, 0.05) is 24.2 Å². The Morgan fingerprint density at radius 1 is 1.41 bits per heavy atom. The first-order valence-corrected chi connectivity index (χ1v) is 5.21. The van der Waals surface area contributed by atoms with E-state index in [-0.39, 0.29) is 18.2 Å². The number of aryl methyl sites for hydroxylation is 1. The minimum Gasteiger partial charge on any atom is -0.496 e. The topological polar surface area (TPSA) is 40.2 Å². The SMILES string of the molecule is COc1ccc(F)c2c1cc(C)n2CCN.Cl. The summed E-state index contributed by atoms with van der Waals surface area (Å²) in [4.78, 5) is 0. The number of ether oxygens (including phenoxy) is 1. The van der Waals surface area contributed by atoms with Crippen molar-refractivity contribution in [1.29, 1.82) is 0 Å². The first-order valence-electron chi connectivity index (χ1n) is 5.21. The van der Waals surface area contributed by atoms with E-state index in [2.05, 4.69) is 0 Å². The van der Waals surface area contributed by atoms with Gasteiger partial charge >= 0.3 is 0 Å². The van der Waals surface area contributed by atoms with Crippen molar-refractivity contribution in [2.75, 3.05) is 13.7 Å². The second kappa shape index (κ2) is 5.38. The average molecular weight is 259 g/mol. The van der Waals surface area contributed by atoms with E-state index in [0.717, 1.165) is 11.1 Å². The Balaban J connectivity index is 0.00000144. The Bertz CT molecular complexity index is 525. The Morgan fingerprint density at radius 3 is 2.71 bits per heavy atom. The summed E-state index contributed by atoms with van der Waals surface area (Å²) in [5, 5.41) is 0.799. The highest BCUT2D eigenvalue weighted by Gasteiger charge is 2.13. The number of rotatable bonds is 3. The van der Waals surface area contributed by atoms with Crippen molar-refractivity contribution in [3.63, 3.8) is 0 Å². The van der Waals surface area contributed by atoms with Crippen LogP contribution in [0.2, 0.25) is 0 Å². The molecule has 17 heavy (non-hydrogen) atoms. The number of nitrogens with two attached hydrogens (primary N) is 1. The number of halogens is 2. The molecule has 2 rings (SSSR count). The van der Waals surface area contributed by atoms with Crippen molar-refractivity contribution in [3.05, 3.63) is 29.7 Å². The molecule has 0 saturated heterocycles. The molecule has 0 saturated carbocycles. The summed E-state index contributed by atoms with van der Waals surface area (Å²) >= 11 is 0. The maximum Gasteiger partial charge on any atom is 0.147 e. The Morgan fingerprint density at radius 2 is 2.12 bits per heavy atom. The molecule has 1 aromatic heterocycles. The highest BCUT2D eigenvalue weighted by atomic mass is 35.5. The summed E-state index contributed by atoms with van der Waals surface area (Å²) in [7, 11) is 1.59. The maximum atomic E-state index is 13.8. The predicted octanol–water partition coefficient (Wildman–Crippen LogP) is 2.48. The molecule has 1 aromatic carbocycles. The van der Waals surface area contributed by atoms with Crippen LogP contribution in [-0.4, -0.2) is 18.2 Å². The zero-order chi connectivity index (χ0) is 11.7. The minimum atomic E-state index is -0.239. The van der Waals surface area contributed by atoms with Gasteiger partial charge in [0.2, 0.25) is 0 Å². The Hall–Kier alpha value is -1.26. The van der Waals surface area contributed by atoms with Gasteiger partial charge in [0.25, 0.3) is 0 Å². The molecule has 0 fully saturated rings. The standard InChI is InChI=1S/C12H15FN2O.ClH/c1-8-7-9-11(16-2)4-3-10(13)12(9)15(8)6-5-14;/h3-4,7H,5-6,14H2,1-2H3;1H. The molecule has 0 spiro atoms. The lowest BCUT2D eigenvalue weighted by atomic mass is 10.2. The minimum absolute atomic E-state index is 0. The van der Waals surface area contributed by atoms with Crippen molar-refractivity contribution in [2.45, 2.75) is 13.5 Å². The fourth-order valence-electron chi connectivity index (χ4n) is 2.04. The third-order valence-electron chi connectivity index (χ3n) is 2.75. The molecule has 0 bridgehead atoms. The normalized spacial score (nSPS) is 10.4. The molecule has 2 aromatic rings. The van der Waals surface area contributed by atoms with Gasteiger partial charge in [0.1, 0.15) is 11.6 Å². The molecule has 5 heteroatoms. The molecule has 1 heterocycles. The smallest absolute Gasteiger partial charge is 0.147 e. The van der Waals surface area contributed by atoms with Gasteiger partial charge in [0.05, 0.1) is 12.6 Å². The number of aromatic nitrogens is 1. The summed E-state index contributed by atoms with van der Waals surface area (Å²) in [5.41, 5.74) is 7.09. The van der Waals surface area contributed by atoms with E-state index in [1.807, 2.05) is 17.6 Å². The third-order valence-corrected chi connectivity index (χ3v) is 2.75. The molecule has 0 amide bonds. The molecule has 0 atom stereocenters. The van der Waals surface area contributed by atoms with Crippen LogP contribution in [0.25, 0.3) is 10.9 Å². The van der Waals surface area contributed by atoms with Crippen LogP contribution in [0.3, 0.4) is 0 Å². The van der Waals surface area contributed by atoms with E-state index >= 15 is 0 Å². The van der Waals surface area contributed by atoms with Crippen LogP contribution in [0.1, 0.15) is 5.69 Å². The van der Waals surface area contributed by atoms with E-state index in [9.17, 15) is 4.39 Å². The zero-order valence-electron chi connectivity index (χ0n) is 9.87. The van der Waals surface area contributed by atoms with Crippen LogP contribution in [0.5, 0.6) is 5.75 Å². The first-order chi connectivity index (χ1) is 7.69. The van der Waals surface area contributed by atoms with Crippen LogP contribution in [0.4, 0.5) is 4.39 Å². The number of hydrogen-bond acceptors (Lipinski definition) is 2. The van der Waals surface area contributed by atoms with Crippen molar-refractivity contribution in [1.82, 2.24) is 4.57 Å². The van der Waals surface area contributed by atoms with Gasteiger partial charge in [-0.1, -0.05) is 0 Å². The molecule has 0 aliphatic rings. The zero-order valence-corrected chi connectivity index (χ0v) is 10.7. The van der Waals surface area contributed by atoms with Gasteiger partial charge in [0.15, 0.2) is 0 Å². The number of benzene rings is 1. The van der Waals surface area contributed by atoms with E-state index in [4.69, 9.17) is 10.5 Å². The largest absolute Gasteiger partial charge is 0.496 e. The van der Waals surface area contributed by atoms with Crippen LogP contribution >= 0.6 is 12.4 Å². The van der Waals surface area contributed by atoms with Crippen molar-refractivity contribution in [2.24, 2.45) is 5.73 Å². The second-order valence-corrected chi connectivity index (χ2v) is 3.74. The van der Waals surface area contributed by atoms with Gasteiger partial charge in [-0.05, 0) is 25.1 Å². The van der Waals surface area contributed by atoms with Crippen molar-refractivity contribution >= 4 is 23.3 Å². The highest BCUT2D eigenvalue weighted by Crippen LogP contribution is 2.30. The fourth-order valence-corrected chi connectivity index (χ4v) is 2.04. The average Bonchev–Trinajstić information content (AvgIpc) is 2.58. The van der Waals surface area contributed by atoms with Gasteiger partial charge in [-0.25, -0.2) is 4.39 Å². The first kappa shape index (κ1) is 13.8. The van der Waals surface area contributed by atoms with Crippen LogP contribution in [-0.2, 0) is 6.54 Å². The maximum absolute atomic E-state index is 13.8. The molecular weight excluding hydrogens is 243 g/mol. The lowest BCUT2D eigenvalue weighted by Crippen LogP contribution is -2.11. The number of nitrogens with zero attached hydrogens (tertiary/aromatic N) is 1. The van der Waals surface area contributed by atoms with Gasteiger partial charge in [-0.2, -0.15) is 0 Å². The predicted molar refractivity (Wildman–Crippen MR) is 69.5 cm³/mol. The summed E-state index contributed by atoms with van der Waals surface area (Å²) in [6.45, 7) is 3.04. The summed E-state index contributed by atoms with van der Waals surface area (Å²) in [5.74, 6) is 0.452. The van der Waals surface area contributed by atoms with Gasteiger partial charge < -0.3 is 15.0 Å². The van der Waals surface area contributed by atoms with Crippen LogP contribution in [0, 0.1) is 12.7 Å². The summed E-state index contributed by atoms with van der Waals surface area (Å²) < 4.78 is 20.9. The van der Waals surface area contributed by atoms with E-state index in [0.29, 0.717) is 24.4 Å². The number of hydrogen-bond donors (Lipinski definition) is 1. The Kier molecular flexibility index (Phi) is 4.37. The highest BCUT2D eigenvalue weighted by molar-refractivity contribution is 5.88.